The van der Waals surface area contributed by atoms with Crippen molar-refractivity contribution in [2.24, 2.45) is 13.0 Å². The van der Waals surface area contributed by atoms with Gasteiger partial charge >= 0.3 is 0 Å². The van der Waals surface area contributed by atoms with Crippen LogP contribution >= 0.6 is 0 Å². The van der Waals surface area contributed by atoms with Crippen LogP contribution in [0.2, 0.25) is 0 Å². The number of aryl methyl sites for hydroxylation is 1. The monoisotopic (exact) mass is 234 g/mol. The quantitative estimate of drug-likeness (QED) is 0.433. The number of imidazole rings is 1. The van der Waals surface area contributed by atoms with Crippen molar-refractivity contribution in [2.75, 3.05) is 0 Å². The van der Waals surface area contributed by atoms with Crippen LogP contribution in [0, 0.1) is 5.92 Å². The predicted molar refractivity (Wildman–Crippen MR) is 59.5 cm³/mol. The van der Waals surface area contributed by atoms with Gasteiger partial charge in [0.15, 0.2) is 11.6 Å². The Balaban J connectivity index is 2.27. The molecule has 0 saturated heterocycles. The fraction of sp³-hybridized carbons (Fsp3) is 0.500. The van der Waals surface area contributed by atoms with E-state index in [0.717, 1.165) is 0 Å². The summed E-state index contributed by atoms with van der Waals surface area (Å²) in [5.74, 6) is -2.10. The second-order valence-corrected chi connectivity index (χ2v) is 4.36. The van der Waals surface area contributed by atoms with Crippen LogP contribution in [-0.2, 0) is 16.6 Å². The van der Waals surface area contributed by atoms with Gasteiger partial charge in [0.05, 0.1) is 6.33 Å². The molecule has 0 N–H and O–H groups in total. The zero-order valence-corrected chi connectivity index (χ0v) is 9.68. The second-order valence-electron chi connectivity index (χ2n) is 4.36. The molecule has 0 atom stereocenters. The Kier molecular flexibility index (Phi) is 3.17. The van der Waals surface area contributed by atoms with Crippen LogP contribution in [-0.4, -0.2) is 26.9 Å². The van der Waals surface area contributed by atoms with Gasteiger partial charge in [-0.05, 0) is 12.8 Å². The van der Waals surface area contributed by atoms with Gasteiger partial charge in [-0.25, -0.2) is 4.98 Å². The van der Waals surface area contributed by atoms with Gasteiger partial charge < -0.3 is 4.57 Å². The summed E-state index contributed by atoms with van der Waals surface area (Å²) in [6, 6.07) is 0. The summed E-state index contributed by atoms with van der Waals surface area (Å²) < 4.78 is 1.62. The molecule has 0 bridgehead atoms. The average molecular weight is 234 g/mol. The van der Waals surface area contributed by atoms with Crippen molar-refractivity contribution in [1.29, 1.82) is 0 Å². The van der Waals surface area contributed by atoms with Crippen LogP contribution in [0.4, 0.5) is 0 Å². The minimum atomic E-state index is -1.12. The van der Waals surface area contributed by atoms with Crippen LogP contribution in [0.25, 0.3) is 0 Å². The average Bonchev–Trinajstić information content (AvgIpc) is 2.64. The largest absolute Gasteiger partial charge is 0.340 e. The molecule has 0 aromatic carbocycles. The van der Waals surface area contributed by atoms with E-state index in [9.17, 15) is 14.4 Å². The molecule has 0 unspecified atom stereocenters. The van der Waals surface area contributed by atoms with Gasteiger partial charge in [-0.3, -0.25) is 14.4 Å². The minimum absolute atomic E-state index is 0.195. The second kappa shape index (κ2) is 4.61. The minimum Gasteiger partial charge on any atom is -0.340 e. The van der Waals surface area contributed by atoms with Crippen molar-refractivity contribution >= 4 is 17.3 Å². The molecular formula is C12H14N2O3. The van der Waals surface area contributed by atoms with Gasteiger partial charge in [0.25, 0.3) is 0 Å². The smallest absolute Gasteiger partial charge is 0.200 e. The maximum absolute atomic E-state index is 12.1. The van der Waals surface area contributed by atoms with E-state index < -0.39 is 11.7 Å². The van der Waals surface area contributed by atoms with E-state index in [1.807, 2.05) is 0 Å². The molecule has 90 valence electrons. The Bertz CT molecular complexity index is 458. The Morgan fingerprint density at radius 1 is 1.29 bits per heavy atom. The standard InChI is InChI=1S/C12H14N2O3/c1-14-6-8(13-7-14)12(17)11-9(15)4-2-3-5-10(11)16/h6-7,11H,2-5H2,1H3. The fourth-order valence-electron chi connectivity index (χ4n) is 2.05. The highest BCUT2D eigenvalue weighted by Crippen LogP contribution is 2.20. The molecule has 1 heterocycles. The summed E-state index contributed by atoms with van der Waals surface area (Å²) in [6.45, 7) is 0. The third-order valence-electron chi connectivity index (χ3n) is 2.96. The zero-order chi connectivity index (χ0) is 12.4. The van der Waals surface area contributed by atoms with Gasteiger partial charge in [0, 0.05) is 26.1 Å². The predicted octanol–water partition coefficient (Wildman–Crippen LogP) is 0.931. The van der Waals surface area contributed by atoms with E-state index in [-0.39, 0.29) is 17.3 Å². The van der Waals surface area contributed by atoms with Crippen molar-refractivity contribution < 1.29 is 14.4 Å². The van der Waals surface area contributed by atoms with Crippen molar-refractivity contribution in [2.45, 2.75) is 25.7 Å². The molecule has 0 aliphatic heterocycles. The Hall–Kier alpha value is -1.78. The number of aromatic nitrogens is 2. The molecule has 1 aromatic rings. The van der Waals surface area contributed by atoms with E-state index in [0.29, 0.717) is 25.7 Å². The third-order valence-corrected chi connectivity index (χ3v) is 2.96. The maximum Gasteiger partial charge on any atom is 0.200 e. The van der Waals surface area contributed by atoms with Gasteiger partial charge in [-0.2, -0.15) is 0 Å². The Morgan fingerprint density at radius 2 is 1.88 bits per heavy atom. The molecule has 2 rings (SSSR count). The van der Waals surface area contributed by atoms with Crippen LogP contribution in [0.3, 0.4) is 0 Å². The van der Waals surface area contributed by atoms with Gasteiger partial charge in [-0.1, -0.05) is 0 Å². The van der Waals surface area contributed by atoms with Crippen LogP contribution < -0.4 is 0 Å². The van der Waals surface area contributed by atoms with Gasteiger partial charge in [0.2, 0.25) is 5.78 Å². The van der Waals surface area contributed by atoms with E-state index in [1.54, 1.807) is 11.6 Å². The Morgan fingerprint density at radius 3 is 2.35 bits per heavy atom. The van der Waals surface area contributed by atoms with Gasteiger partial charge in [-0.15, -0.1) is 0 Å². The first-order valence-corrected chi connectivity index (χ1v) is 5.67. The first kappa shape index (κ1) is 11.7. The van der Waals surface area contributed by atoms with E-state index in [4.69, 9.17) is 0 Å². The normalized spacial score (nSPS) is 18.2. The number of hydrogen-bond donors (Lipinski definition) is 0. The van der Waals surface area contributed by atoms with E-state index >= 15 is 0 Å². The molecule has 1 fully saturated rings. The van der Waals surface area contributed by atoms with Crippen molar-refractivity contribution in [1.82, 2.24) is 9.55 Å². The third kappa shape index (κ3) is 2.33. The molecular weight excluding hydrogens is 220 g/mol. The number of rotatable bonds is 2. The lowest BCUT2D eigenvalue weighted by molar-refractivity contribution is -0.129. The summed E-state index contributed by atoms with van der Waals surface area (Å²) in [7, 11) is 1.74. The van der Waals surface area contributed by atoms with Crippen LogP contribution in [0.1, 0.15) is 36.2 Å². The summed E-state index contributed by atoms with van der Waals surface area (Å²) in [6.07, 6.45) is 5.03. The molecule has 1 aliphatic rings. The van der Waals surface area contributed by atoms with E-state index in [2.05, 4.69) is 4.98 Å². The fourth-order valence-corrected chi connectivity index (χ4v) is 2.05. The molecule has 0 spiro atoms. The summed E-state index contributed by atoms with van der Waals surface area (Å²) in [5.41, 5.74) is 0.195. The maximum atomic E-state index is 12.1. The Labute approximate surface area is 98.8 Å². The molecule has 5 heteroatoms. The van der Waals surface area contributed by atoms with Crippen molar-refractivity contribution in [3.8, 4) is 0 Å². The lowest BCUT2D eigenvalue weighted by atomic mass is 9.91. The number of carbonyl (C=O) groups excluding carboxylic acids is 3. The highest BCUT2D eigenvalue weighted by Gasteiger charge is 2.35. The topological polar surface area (TPSA) is 69.0 Å². The van der Waals surface area contributed by atoms with Crippen molar-refractivity contribution in [3.05, 3.63) is 18.2 Å². The van der Waals surface area contributed by atoms with E-state index in [1.165, 1.54) is 12.5 Å². The number of hydrogen-bond acceptors (Lipinski definition) is 4. The number of Topliss-reactive ketones (excluding diaryl/α,β-unsaturated/α-hetero) is 3. The lowest BCUT2D eigenvalue weighted by Crippen LogP contribution is -2.30. The first-order chi connectivity index (χ1) is 8.09. The SMILES string of the molecule is Cn1cnc(C(=O)C2C(=O)CCCCC2=O)c1. The molecule has 0 radical (unpaired) electrons. The lowest BCUT2D eigenvalue weighted by Gasteiger charge is -2.08. The molecule has 1 aliphatic carbocycles. The number of ketones is 3. The van der Waals surface area contributed by atoms with Crippen molar-refractivity contribution in [3.63, 3.8) is 0 Å². The van der Waals surface area contributed by atoms with Crippen LogP contribution in [0.5, 0.6) is 0 Å². The number of nitrogens with zero attached hydrogens (tertiary/aromatic N) is 2. The number of carbonyl (C=O) groups is 3. The molecule has 17 heavy (non-hydrogen) atoms. The zero-order valence-electron chi connectivity index (χ0n) is 9.68. The highest BCUT2D eigenvalue weighted by atomic mass is 16.2. The summed E-state index contributed by atoms with van der Waals surface area (Å²) in [5, 5.41) is 0. The first-order valence-electron chi connectivity index (χ1n) is 5.67. The highest BCUT2D eigenvalue weighted by molar-refractivity contribution is 6.23. The molecule has 1 saturated carbocycles. The molecule has 0 amide bonds. The molecule has 1 aromatic heterocycles. The summed E-state index contributed by atoms with van der Waals surface area (Å²) >= 11 is 0. The summed E-state index contributed by atoms with van der Waals surface area (Å²) in [4.78, 5) is 39.5. The molecule has 5 nitrogen and oxygen atoms in total. The van der Waals surface area contributed by atoms with Gasteiger partial charge in [0.1, 0.15) is 11.6 Å². The van der Waals surface area contributed by atoms with Crippen LogP contribution in [0.15, 0.2) is 12.5 Å².